The smallest absolute Gasteiger partial charge is 0.253 e. The van der Waals surface area contributed by atoms with Crippen LogP contribution in [-0.2, 0) is 14.8 Å². The van der Waals surface area contributed by atoms with Crippen molar-refractivity contribution in [2.24, 2.45) is 11.8 Å². The summed E-state index contributed by atoms with van der Waals surface area (Å²) in [7, 11) is -3.65. The Kier molecular flexibility index (Phi) is 6.04. The number of rotatable bonds is 5. The summed E-state index contributed by atoms with van der Waals surface area (Å²) in [4.78, 5) is 15.1. The lowest BCUT2D eigenvalue weighted by molar-refractivity contribution is 0.0520. The number of nitrogens with zero attached hydrogens (tertiary/aromatic N) is 1. The fourth-order valence-electron chi connectivity index (χ4n) is 4.86. The van der Waals surface area contributed by atoms with E-state index in [9.17, 15) is 13.2 Å². The largest absolute Gasteiger partial charge is 0.377 e. The normalized spacial score (nSPS) is 28.1. The highest BCUT2D eigenvalue weighted by Crippen LogP contribution is 2.36. The molecule has 154 valence electrons. The molecule has 0 unspecified atom stereocenters. The van der Waals surface area contributed by atoms with Crippen molar-refractivity contribution in [2.75, 3.05) is 26.2 Å². The van der Waals surface area contributed by atoms with Crippen molar-refractivity contribution in [2.45, 2.75) is 55.9 Å². The number of hydrogen-bond acceptors (Lipinski definition) is 4. The molecule has 7 heteroatoms. The van der Waals surface area contributed by atoms with E-state index in [1.807, 2.05) is 4.90 Å². The highest BCUT2D eigenvalue weighted by Gasteiger charge is 2.33. The van der Waals surface area contributed by atoms with Gasteiger partial charge >= 0.3 is 0 Å². The Morgan fingerprint density at radius 2 is 1.93 bits per heavy atom. The van der Waals surface area contributed by atoms with Crippen LogP contribution in [0.2, 0.25) is 0 Å². The molecule has 1 saturated carbocycles. The third-order valence-corrected chi connectivity index (χ3v) is 7.92. The molecule has 1 N–H and O–H groups in total. The van der Waals surface area contributed by atoms with Gasteiger partial charge in [0.05, 0.1) is 11.0 Å². The topological polar surface area (TPSA) is 75.7 Å². The third kappa shape index (κ3) is 4.42. The number of piperidine rings is 1. The summed E-state index contributed by atoms with van der Waals surface area (Å²) in [6.45, 7) is 2.54. The molecule has 1 aliphatic carbocycles. The number of benzene rings is 1. The molecule has 4 rings (SSSR count). The number of carbonyl (C=O) groups is 1. The fourth-order valence-corrected chi connectivity index (χ4v) is 5.97. The summed E-state index contributed by atoms with van der Waals surface area (Å²) < 4.78 is 33.4. The Labute approximate surface area is 167 Å². The summed E-state index contributed by atoms with van der Waals surface area (Å²) >= 11 is 0. The van der Waals surface area contributed by atoms with Gasteiger partial charge in [0, 0.05) is 31.8 Å². The molecule has 1 aromatic carbocycles. The van der Waals surface area contributed by atoms with Gasteiger partial charge in [-0.3, -0.25) is 4.79 Å². The molecule has 3 aliphatic rings. The number of nitrogens with one attached hydrogen (secondary N) is 1. The van der Waals surface area contributed by atoms with Crippen molar-refractivity contribution in [3.8, 4) is 0 Å². The van der Waals surface area contributed by atoms with Gasteiger partial charge in [0.15, 0.2) is 0 Å². The lowest BCUT2D eigenvalue weighted by atomic mass is 9.75. The Morgan fingerprint density at radius 1 is 1.11 bits per heavy atom. The second-order valence-electron chi connectivity index (χ2n) is 8.36. The molecule has 0 aromatic heterocycles. The molecular weight excluding hydrogens is 376 g/mol. The Hall–Kier alpha value is -1.44. The van der Waals surface area contributed by atoms with Crippen molar-refractivity contribution in [3.63, 3.8) is 0 Å². The first kappa shape index (κ1) is 19.9. The first-order valence-electron chi connectivity index (χ1n) is 10.5. The zero-order valence-corrected chi connectivity index (χ0v) is 17.1. The highest BCUT2D eigenvalue weighted by atomic mass is 32.2. The number of carbonyl (C=O) groups excluding carboxylic acids is 1. The van der Waals surface area contributed by atoms with Gasteiger partial charge in [-0.2, -0.15) is 0 Å². The van der Waals surface area contributed by atoms with E-state index < -0.39 is 10.0 Å². The number of sulfonamides is 1. The minimum atomic E-state index is -3.65. The van der Waals surface area contributed by atoms with Crippen molar-refractivity contribution < 1.29 is 17.9 Å². The minimum absolute atomic E-state index is 0.0554. The number of ether oxygens (including phenoxy) is 1. The highest BCUT2D eigenvalue weighted by molar-refractivity contribution is 7.89. The Morgan fingerprint density at radius 3 is 2.71 bits per heavy atom. The first-order valence-corrected chi connectivity index (χ1v) is 12.0. The number of fused-ring (bicyclic) bond motifs is 1. The summed E-state index contributed by atoms with van der Waals surface area (Å²) in [6.07, 6.45) is 7.91. The van der Waals surface area contributed by atoms with Crippen LogP contribution in [0.15, 0.2) is 29.2 Å². The first-order chi connectivity index (χ1) is 13.5. The second kappa shape index (κ2) is 8.51. The van der Waals surface area contributed by atoms with Crippen LogP contribution in [0.1, 0.15) is 55.3 Å². The van der Waals surface area contributed by atoms with Crippen LogP contribution in [-0.4, -0.2) is 51.6 Å². The van der Waals surface area contributed by atoms with Gasteiger partial charge in [0.1, 0.15) is 0 Å². The summed E-state index contributed by atoms with van der Waals surface area (Å²) in [5.41, 5.74) is 0.453. The van der Waals surface area contributed by atoms with Gasteiger partial charge in [-0.15, -0.1) is 0 Å². The Bertz CT molecular complexity index is 804. The van der Waals surface area contributed by atoms with Crippen LogP contribution in [0, 0.1) is 11.8 Å². The van der Waals surface area contributed by atoms with Crippen LogP contribution in [0.4, 0.5) is 0 Å². The summed E-state index contributed by atoms with van der Waals surface area (Å²) in [5, 5.41) is 0. The van der Waals surface area contributed by atoms with Crippen molar-refractivity contribution in [1.29, 1.82) is 0 Å². The van der Waals surface area contributed by atoms with E-state index in [-0.39, 0.29) is 23.5 Å². The molecule has 0 radical (unpaired) electrons. The molecule has 1 amide bonds. The maximum absolute atomic E-state index is 13.0. The molecule has 0 bridgehead atoms. The van der Waals surface area contributed by atoms with Gasteiger partial charge in [-0.25, -0.2) is 13.1 Å². The van der Waals surface area contributed by atoms with Crippen molar-refractivity contribution >= 4 is 15.9 Å². The van der Waals surface area contributed by atoms with E-state index in [0.717, 1.165) is 38.3 Å². The molecule has 1 aromatic rings. The second-order valence-corrected chi connectivity index (χ2v) is 10.1. The molecule has 3 fully saturated rings. The maximum Gasteiger partial charge on any atom is 0.253 e. The molecular formula is C21H30N2O4S. The van der Waals surface area contributed by atoms with Crippen LogP contribution in [0.3, 0.4) is 0 Å². The van der Waals surface area contributed by atoms with Crippen molar-refractivity contribution in [1.82, 2.24) is 9.62 Å². The lowest BCUT2D eigenvalue weighted by Gasteiger charge is -2.41. The molecule has 2 saturated heterocycles. The summed E-state index contributed by atoms with van der Waals surface area (Å²) in [6, 6.07) is 6.42. The molecule has 0 spiro atoms. The summed E-state index contributed by atoms with van der Waals surface area (Å²) in [5.74, 6) is 1.30. The standard InChI is InChI=1S/C21H30N2O4S/c24-21(23-11-10-16-5-1-2-6-18(16)15-23)17-7-3-9-20(13-17)28(25,26)22-14-19-8-4-12-27-19/h3,7,9,13,16,18-19,22H,1-2,4-6,8,10-12,14-15H2/t16-,18-,19-/m1/s1. The molecule has 2 heterocycles. The van der Waals surface area contributed by atoms with Crippen LogP contribution in [0.25, 0.3) is 0 Å². The van der Waals surface area contributed by atoms with Gasteiger partial charge in [-0.05, 0) is 55.7 Å². The van der Waals surface area contributed by atoms with Gasteiger partial charge in [0.2, 0.25) is 10.0 Å². The van der Waals surface area contributed by atoms with Crippen molar-refractivity contribution in [3.05, 3.63) is 29.8 Å². The quantitative estimate of drug-likeness (QED) is 0.816. The Balaban J connectivity index is 1.43. The SMILES string of the molecule is O=C(c1cccc(S(=O)(=O)NC[C@H]2CCCO2)c1)N1CC[C@H]2CCCC[C@@H]2C1. The lowest BCUT2D eigenvalue weighted by Crippen LogP contribution is -2.44. The number of amides is 1. The van der Waals surface area contributed by atoms with Crippen LogP contribution >= 0.6 is 0 Å². The maximum atomic E-state index is 13.0. The van der Waals surface area contributed by atoms with Gasteiger partial charge < -0.3 is 9.64 Å². The van der Waals surface area contributed by atoms with E-state index in [2.05, 4.69) is 4.72 Å². The average Bonchev–Trinajstić information content (AvgIpc) is 3.25. The van der Waals surface area contributed by atoms with Crippen LogP contribution < -0.4 is 4.72 Å². The van der Waals surface area contributed by atoms with Crippen LogP contribution in [0.5, 0.6) is 0 Å². The average molecular weight is 407 g/mol. The van der Waals surface area contributed by atoms with E-state index >= 15 is 0 Å². The zero-order chi connectivity index (χ0) is 19.6. The molecule has 28 heavy (non-hydrogen) atoms. The van der Waals surface area contributed by atoms with E-state index in [1.165, 1.54) is 31.7 Å². The molecule has 6 nitrogen and oxygen atoms in total. The molecule has 2 aliphatic heterocycles. The third-order valence-electron chi connectivity index (χ3n) is 6.49. The van der Waals surface area contributed by atoms with Gasteiger partial charge in [-0.1, -0.05) is 25.3 Å². The van der Waals surface area contributed by atoms with E-state index in [4.69, 9.17) is 4.74 Å². The zero-order valence-electron chi connectivity index (χ0n) is 16.3. The van der Waals surface area contributed by atoms with Gasteiger partial charge in [0.25, 0.3) is 5.91 Å². The minimum Gasteiger partial charge on any atom is -0.377 e. The fraction of sp³-hybridized carbons (Fsp3) is 0.667. The predicted octanol–water partition coefficient (Wildman–Crippen LogP) is 2.80. The predicted molar refractivity (Wildman–Crippen MR) is 107 cm³/mol. The number of hydrogen-bond donors (Lipinski definition) is 1. The van der Waals surface area contributed by atoms with E-state index in [0.29, 0.717) is 18.1 Å². The monoisotopic (exact) mass is 406 g/mol. The van der Waals surface area contributed by atoms with E-state index in [1.54, 1.807) is 18.2 Å². The number of likely N-dealkylation sites (tertiary alicyclic amines) is 1. The molecule has 3 atom stereocenters.